The van der Waals surface area contributed by atoms with E-state index < -0.39 is 17.7 Å². The van der Waals surface area contributed by atoms with Gasteiger partial charge in [0.1, 0.15) is 11.3 Å². The Kier molecular flexibility index (Phi) is 4.68. The van der Waals surface area contributed by atoms with Gasteiger partial charge in [-0.2, -0.15) is 0 Å². The number of rotatable bonds is 4. The molecule has 0 spiro atoms. The number of ether oxygens (including phenoxy) is 1. The molecule has 7 heteroatoms. The summed E-state index contributed by atoms with van der Waals surface area (Å²) in [6, 6.07) is 8.54. The third-order valence-corrected chi connectivity index (χ3v) is 2.78. The molecule has 0 aliphatic rings. The zero-order valence-corrected chi connectivity index (χ0v) is 13.1. The molecule has 0 radical (unpaired) electrons. The Morgan fingerprint density at radius 1 is 1.30 bits per heavy atom. The molecule has 1 heterocycles. The predicted molar refractivity (Wildman–Crippen MR) is 82.0 cm³/mol. The molecular formula is C16H18N2O5. The summed E-state index contributed by atoms with van der Waals surface area (Å²) in [6.45, 7) is 5.65. The normalized spacial score (nSPS) is 11.1. The second kappa shape index (κ2) is 6.51. The number of carbonyl (C=O) groups is 2. The summed E-state index contributed by atoms with van der Waals surface area (Å²) in [6.07, 6.45) is -0.502. The van der Waals surface area contributed by atoms with Gasteiger partial charge < -0.3 is 19.7 Å². The summed E-state index contributed by atoms with van der Waals surface area (Å²) in [7, 11) is 0. The lowest BCUT2D eigenvalue weighted by Crippen LogP contribution is -2.32. The Labute approximate surface area is 133 Å². The number of aromatic nitrogens is 1. The van der Waals surface area contributed by atoms with Gasteiger partial charge in [-0.3, -0.25) is 0 Å². The Morgan fingerprint density at radius 3 is 2.65 bits per heavy atom. The van der Waals surface area contributed by atoms with E-state index in [0.717, 1.165) is 5.56 Å². The number of aromatic carboxylic acids is 1. The highest BCUT2D eigenvalue weighted by Crippen LogP contribution is 2.20. The van der Waals surface area contributed by atoms with Gasteiger partial charge in [0, 0.05) is 18.2 Å². The van der Waals surface area contributed by atoms with Gasteiger partial charge in [-0.15, -0.1) is 0 Å². The van der Waals surface area contributed by atoms with Gasteiger partial charge in [-0.1, -0.05) is 23.4 Å². The fourth-order valence-corrected chi connectivity index (χ4v) is 1.84. The lowest BCUT2D eigenvalue weighted by atomic mass is 10.1. The van der Waals surface area contributed by atoms with E-state index in [4.69, 9.17) is 14.4 Å². The molecule has 23 heavy (non-hydrogen) atoms. The first-order valence-electron chi connectivity index (χ1n) is 7.01. The number of hydrogen-bond acceptors (Lipinski definition) is 5. The first-order chi connectivity index (χ1) is 10.7. The number of carboxylic acid groups (broad SMARTS) is 1. The molecular weight excluding hydrogens is 300 g/mol. The van der Waals surface area contributed by atoms with Gasteiger partial charge >= 0.3 is 12.1 Å². The monoisotopic (exact) mass is 318 g/mol. The Bertz CT molecular complexity index is 715. The minimum atomic E-state index is -1.17. The molecule has 1 aromatic carbocycles. The molecule has 1 amide bonds. The number of alkyl carbamates (subject to hydrolysis) is 1. The molecule has 7 nitrogen and oxygen atoms in total. The van der Waals surface area contributed by atoms with Crippen LogP contribution in [0, 0.1) is 0 Å². The van der Waals surface area contributed by atoms with Gasteiger partial charge in [0.25, 0.3) is 0 Å². The Morgan fingerprint density at radius 2 is 2.04 bits per heavy atom. The number of carboxylic acids is 1. The van der Waals surface area contributed by atoms with Crippen LogP contribution in [0.2, 0.25) is 0 Å². The van der Waals surface area contributed by atoms with Crippen LogP contribution in [0.4, 0.5) is 4.79 Å². The van der Waals surface area contributed by atoms with E-state index >= 15 is 0 Å². The molecule has 2 rings (SSSR count). The zero-order chi connectivity index (χ0) is 17.0. The van der Waals surface area contributed by atoms with Crippen molar-refractivity contribution >= 4 is 12.1 Å². The van der Waals surface area contributed by atoms with E-state index in [9.17, 15) is 9.59 Å². The number of hydrogen-bond donors (Lipinski definition) is 2. The van der Waals surface area contributed by atoms with Crippen LogP contribution < -0.4 is 5.32 Å². The van der Waals surface area contributed by atoms with Gasteiger partial charge in [-0.05, 0) is 32.4 Å². The van der Waals surface area contributed by atoms with Crippen molar-refractivity contribution in [1.29, 1.82) is 0 Å². The van der Waals surface area contributed by atoms with Crippen molar-refractivity contribution in [3.05, 3.63) is 41.7 Å². The topological polar surface area (TPSA) is 102 Å². The maximum atomic E-state index is 11.6. The van der Waals surface area contributed by atoms with E-state index in [1.54, 1.807) is 39.0 Å². The number of carbonyl (C=O) groups excluding carboxylic acids is 1. The summed E-state index contributed by atoms with van der Waals surface area (Å²) in [5.41, 5.74) is 1.39. The molecule has 2 N–H and O–H groups in total. The predicted octanol–water partition coefficient (Wildman–Crippen LogP) is 3.06. The third-order valence-electron chi connectivity index (χ3n) is 2.78. The molecule has 1 aromatic heterocycles. The highest BCUT2D eigenvalue weighted by atomic mass is 16.6. The fraction of sp³-hybridized carbons (Fsp3) is 0.312. The average molecular weight is 318 g/mol. The maximum absolute atomic E-state index is 11.6. The average Bonchev–Trinajstić information content (AvgIpc) is 2.94. The number of amides is 1. The van der Waals surface area contributed by atoms with Gasteiger partial charge in [-0.25, -0.2) is 9.59 Å². The summed E-state index contributed by atoms with van der Waals surface area (Å²) in [4.78, 5) is 22.4. The summed E-state index contributed by atoms with van der Waals surface area (Å²) < 4.78 is 9.90. The van der Waals surface area contributed by atoms with Crippen LogP contribution in [0.1, 0.15) is 36.9 Å². The van der Waals surface area contributed by atoms with E-state index in [1.165, 1.54) is 6.07 Å². The van der Waals surface area contributed by atoms with Crippen LogP contribution >= 0.6 is 0 Å². The van der Waals surface area contributed by atoms with Crippen molar-refractivity contribution in [2.24, 2.45) is 0 Å². The molecule has 0 unspecified atom stereocenters. The van der Waals surface area contributed by atoms with E-state index in [1.807, 2.05) is 6.07 Å². The molecule has 0 atom stereocenters. The molecule has 0 saturated heterocycles. The maximum Gasteiger partial charge on any atom is 0.407 e. The fourth-order valence-electron chi connectivity index (χ4n) is 1.84. The summed E-state index contributed by atoms with van der Waals surface area (Å²) in [5, 5.41) is 15.2. The van der Waals surface area contributed by atoms with Crippen molar-refractivity contribution in [3.8, 4) is 11.3 Å². The standard InChI is InChI=1S/C16H18N2O5/c1-16(2,3)22-15(21)17-9-10-5-4-6-11(7-10)12-8-13(14(19)20)23-18-12/h4-8H,9H2,1-3H3,(H,17,21)(H,19,20). The van der Waals surface area contributed by atoms with Crippen molar-refractivity contribution in [2.75, 3.05) is 0 Å². The van der Waals surface area contributed by atoms with E-state index in [-0.39, 0.29) is 12.3 Å². The van der Waals surface area contributed by atoms with Gasteiger partial charge in [0.05, 0.1) is 0 Å². The molecule has 0 aliphatic heterocycles. The number of nitrogens with one attached hydrogen (secondary N) is 1. The SMILES string of the molecule is CC(C)(C)OC(=O)NCc1cccc(-c2cc(C(=O)O)on2)c1. The Balaban J connectivity index is 2.05. The van der Waals surface area contributed by atoms with Crippen molar-refractivity contribution in [1.82, 2.24) is 10.5 Å². The molecule has 0 bridgehead atoms. The smallest absolute Gasteiger partial charge is 0.407 e. The van der Waals surface area contributed by atoms with E-state index in [2.05, 4.69) is 10.5 Å². The van der Waals surface area contributed by atoms with Crippen molar-refractivity contribution in [2.45, 2.75) is 32.9 Å². The minimum Gasteiger partial charge on any atom is -0.475 e. The second-order valence-corrected chi connectivity index (χ2v) is 5.94. The number of nitrogens with zero attached hydrogens (tertiary/aromatic N) is 1. The minimum absolute atomic E-state index is 0.225. The van der Waals surface area contributed by atoms with Crippen molar-refractivity contribution < 1.29 is 24.0 Å². The lowest BCUT2D eigenvalue weighted by Gasteiger charge is -2.19. The van der Waals surface area contributed by atoms with Crippen LogP contribution in [0.15, 0.2) is 34.9 Å². The van der Waals surface area contributed by atoms with Gasteiger partial charge in [0.15, 0.2) is 0 Å². The molecule has 2 aromatic rings. The first-order valence-corrected chi connectivity index (χ1v) is 7.01. The van der Waals surface area contributed by atoms with Crippen molar-refractivity contribution in [3.63, 3.8) is 0 Å². The molecule has 0 saturated carbocycles. The molecule has 122 valence electrons. The highest BCUT2D eigenvalue weighted by molar-refractivity contribution is 5.85. The molecule has 0 aliphatic carbocycles. The first kappa shape index (κ1) is 16.5. The highest BCUT2D eigenvalue weighted by Gasteiger charge is 2.16. The van der Waals surface area contributed by atoms with Crippen LogP contribution in [0.3, 0.4) is 0 Å². The summed E-state index contributed by atoms with van der Waals surface area (Å²) >= 11 is 0. The van der Waals surface area contributed by atoms with Crippen LogP contribution in [-0.4, -0.2) is 27.9 Å². The van der Waals surface area contributed by atoms with Crippen LogP contribution in [0.25, 0.3) is 11.3 Å². The van der Waals surface area contributed by atoms with Crippen LogP contribution in [-0.2, 0) is 11.3 Å². The zero-order valence-electron chi connectivity index (χ0n) is 13.1. The Hall–Kier alpha value is -2.83. The quantitative estimate of drug-likeness (QED) is 0.898. The van der Waals surface area contributed by atoms with Crippen LogP contribution in [0.5, 0.6) is 0 Å². The second-order valence-electron chi connectivity index (χ2n) is 5.94. The lowest BCUT2D eigenvalue weighted by molar-refractivity contribution is 0.0522. The van der Waals surface area contributed by atoms with Gasteiger partial charge in [0.2, 0.25) is 5.76 Å². The van der Waals surface area contributed by atoms with E-state index in [0.29, 0.717) is 11.3 Å². The molecule has 0 fully saturated rings. The third kappa shape index (κ3) is 4.84. The largest absolute Gasteiger partial charge is 0.475 e. The number of benzene rings is 1. The summed E-state index contributed by atoms with van der Waals surface area (Å²) in [5.74, 6) is -1.40.